The Kier molecular flexibility index (Phi) is 9.46. The number of benzene rings is 1. The second-order valence-electron chi connectivity index (χ2n) is 7.86. The van der Waals surface area contributed by atoms with Crippen molar-refractivity contribution in [2.75, 3.05) is 38.2 Å². The van der Waals surface area contributed by atoms with E-state index in [4.69, 9.17) is 9.47 Å². The van der Waals surface area contributed by atoms with E-state index in [1.165, 1.54) is 23.9 Å². The highest BCUT2D eigenvalue weighted by Gasteiger charge is 2.32. The smallest absolute Gasteiger partial charge is 0.338 e. The standard InChI is InChI=1S/C23H30N4O6S/c1-3-27(4-2)23-26-21(30)18(34-23)12-19(28)25-16-8-5-7-15(11-16)22(31)33-14-20(29)24-13-17-9-6-10-32-17/h5,7-8,11,17-18H,3-4,6,9-10,12-14H2,1-2H3,(H,24,29)(H,25,28). The highest BCUT2D eigenvalue weighted by Crippen LogP contribution is 2.27. The van der Waals surface area contributed by atoms with Gasteiger partial charge in [0.15, 0.2) is 11.8 Å². The van der Waals surface area contributed by atoms with Gasteiger partial charge in [0.2, 0.25) is 5.91 Å². The van der Waals surface area contributed by atoms with E-state index in [9.17, 15) is 19.2 Å². The summed E-state index contributed by atoms with van der Waals surface area (Å²) in [6, 6.07) is 6.22. The number of aliphatic imine (C=N–C) groups is 1. The molecule has 3 rings (SSSR count). The highest BCUT2D eigenvalue weighted by atomic mass is 32.2. The number of thioether (sulfide) groups is 1. The van der Waals surface area contributed by atoms with Crippen LogP contribution in [0, 0.1) is 0 Å². The SMILES string of the molecule is CCN(CC)C1=NC(=O)C(CC(=O)Nc2cccc(C(=O)OCC(=O)NCC3CCCO3)c2)S1. The average molecular weight is 491 g/mol. The van der Waals surface area contributed by atoms with Crippen LogP contribution in [0.4, 0.5) is 5.69 Å². The van der Waals surface area contributed by atoms with Crippen LogP contribution >= 0.6 is 11.8 Å². The number of nitrogens with one attached hydrogen (secondary N) is 2. The van der Waals surface area contributed by atoms with E-state index in [1.54, 1.807) is 12.1 Å². The van der Waals surface area contributed by atoms with E-state index >= 15 is 0 Å². The molecule has 11 heteroatoms. The van der Waals surface area contributed by atoms with Crippen LogP contribution in [0.2, 0.25) is 0 Å². The molecule has 1 fully saturated rings. The molecule has 2 aliphatic heterocycles. The molecule has 0 aromatic heterocycles. The summed E-state index contributed by atoms with van der Waals surface area (Å²) in [5, 5.41) is 5.45. The van der Waals surface area contributed by atoms with E-state index in [1.807, 2.05) is 18.7 Å². The number of nitrogens with zero attached hydrogens (tertiary/aromatic N) is 2. The van der Waals surface area contributed by atoms with Crippen molar-refractivity contribution in [3.8, 4) is 0 Å². The third-order valence-electron chi connectivity index (χ3n) is 5.40. The second kappa shape index (κ2) is 12.5. The Bertz CT molecular complexity index is 943. The Morgan fingerprint density at radius 3 is 2.74 bits per heavy atom. The van der Waals surface area contributed by atoms with Crippen molar-refractivity contribution in [2.24, 2.45) is 4.99 Å². The minimum absolute atomic E-state index is 0.00764. The molecule has 2 N–H and O–H groups in total. The summed E-state index contributed by atoms with van der Waals surface area (Å²) in [5.41, 5.74) is 0.589. The Balaban J connectivity index is 1.45. The topological polar surface area (TPSA) is 126 Å². The van der Waals surface area contributed by atoms with Gasteiger partial charge < -0.3 is 25.0 Å². The van der Waals surface area contributed by atoms with Crippen molar-refractivity contribution in [3.63, 3.8) is 0 Å². The average Bonchev–Trinajstić information content (AvgIpc) is 3.47. The molecule has 2 unspecified atom stereocenters. The first-order chi connectivity index (χ1) is 16.4. The summed E-state index contributed by atoms with van der Waals surface area (Å²) in [7, 11) is 0. The van der Waals surface area contributed by atoms with Gasteiger partial charge in [-0.15, -0.1) is 0 Å². The maximum absolute atomic E-state index is 12.5. The molecule has 1 saturated heterocycles. The first kappa shape index (κ1) is 25.7. The number of hydrogen-bond acceptors (Lipinski definition) is 8. The molecule has 1 aromatic carbocycles. The molecule has 0 aliphatic carbocycles. The van der Waals surface area contributed by atoms with E-state index in [-0.39, 0.29) is 29.9 Å². The van der Waals surface area contributed by atoms with Gasteiger partial charge in [0.25, 0.3) is 11.8 Å². The minimum Gasteiger partial charge on any atom is -0.452 e. The summed E-state index contributed by atoms with van der Waals surface area (Å²) in [6.45, 7) is 6.10. The van der Waals surface area contributed by atoms with Crippen LogP contribution in [0.15, 0.2) is 29.3 Å². The van der Waals surface area contributed by atoms with Crippen LogP contribution in [0.3, 0.4) is 0 Å². The molecule has 0 radical (unpaired) electrons. The van der Waals surface area contributed by atoms with Crippen molar-refractivity contribution in [3.05, 3.63) is 29.8 Å². The fourth-order valence-corrected chi connectivity index (χ4v) is 4.73. The fraction of sp³-hybridized carbons (Fsp3) is 0.522. The zero-order valence-electron chi connectivity index (χ0n) is 19.4. The monoisotopic (exact) mass is 490 g/mol. The largest absolute Gasteiger partial charge is 0.452 e. The number of carbonyl (C=O) groups is 4. The van der Waals surface area contributed by atoms with Gasteiger partial charge in [0.05, 0.1) is 11.7 Å². The predicted octanol–water partition coefficient (Wildman–Crippen LogP) is 1.81. The van der Waals surface area contributed by atoms with E-state index in [0.717, 1.165) is 25.9 Å². The number of amides is 3. The molecule has 0 bridgehead atoms. The maximum atomic E-state index is 12.5. The molecule has 184 valence electrons. The molecular formula is C23H30N4O6S. The van der Waals surface area contributed by atoms with Crippen LogP contribution in [0.25, 0.3) is 0 Å². The van der Waals surface area contributed by atoms with Gasteiger partial charge >= 0.3 is 5.97 Å². The molecule has 2 aliphatic rings. The van der Waals surface area contributed by atoms with Gasteiger partial charge in [-0.05, 0) is 44.9 Å². The molecule has 3 amide bonds. The van der Waals surface area contributed by atoms with Crippen molar-refractivity contribution in [2.45, 2.75) is 44.5 Å². The van der Waals surface area contributed by atoms with Gasteiger partial charge in [-0.2, -0.15) is 4.99 Å². The molecule has 0 saturated carbocycles. The molecule has 1 aromatic rings. The lowest BCUT2D eigenvalue weighted by atomic mass is 10.2. The zero-order valence-corrected chi connectivity index (χ0v) is 20.2. The first-order valence-corrected chi connectivity index (χ1v) is 12.3. The van der Waals surface area contributed by atoms with Gasteiger partial charge in [-0.3, -0.25) is 14.4 Å². The van der Waals surface area contributed by atoms with Crippen LogP contribution < -0.4 is 10.6 Å². The van der Waals surface area contributed by atoms with Crippen molar-refractivity contribution in [1.29, 1.82) is 0 Å². The molecule has 2 atom stereocenters. The van der Waals surface area contributed by atoms with Crippen LogP contribution in [-0.4, -0.2) is 78.0 Å². The predicted molar refractivity (Wildman–Crippen MR) is 129 cm³/mol. The van der Waals surface area contributed by atoms with Gasteiger partial charge in [-0.25, -0.2) is 4.79 Å². The number of hydrogen-bond donors (Lipinski definition) is 2. The first-order valence-electron chi connectivity index (χ1n) is 11.4. The Hall–Kier alpha value is -2.92. The van der Waals surface area contributed by atoms with Gasteiger partial charge in [0.1, 0.15) is 5.25 Å². The Labute approximate surface area is 202 Å². The van der Waals surface area contributed by atoms with Crippen LogP contribution in [0.5, 0.6) is 0 Å². The molecule has 0 spiro atoms. The lowest BCUT2D eigenvalue weighted by Gasteiger charge is -2.19. The number of carbonyl (C=O) groups excluding carboxylic acids is 4. The Morgan fingerprint density at radius 1 is 1.24 bits per heavy atom. The lowest BCUT2D eigenvalue weighted by Crippen LogP contribution is -2.34. The van der Waals surface area contributed by atoms with E-state index in [2.05, 4.69) is 15.6 Å². The molecule has 10 nitrogen and oxygen atoms in total. The summed E-state index contributed by atoms with van der Waals surface area (Å²) >= 11 is 1.29. The molecular weight excluding hydrogens is 460 g/mol. The van der Waals surface area contributed by atoms with E-state index in [0.29, 0.717) is 24.0 Å². The molecule has 34 heavy (non-hydrogen) atoms. The van der Waals surface area contributed by atoms with Gasteiger partial charge in [0, 0.05) is 38.3 Å². The van der Waals surface area contributed by atoms with Crippen molar-refractivity contribution in [1.82, 2.24) is 10.2 Å². The summed E-state index contributed by atoms with van der Waals surface area (Å²) in [5.74, 6) is -1.77. The third kappa shape index (κ3) is 7.29. The number of ether oxygens (including phenoxy) is 2. The van der Waals surface area contributed by atoms with Gasteiger partial charge in [-0.1, -0.05) is 17.8 Å². The number of anilines is 1. The highest BCUT2D eigenvalue weighted by molar-refractivity contribution is 8.15. The summed E-state index contributed by atoms with van der Waals surface area (Å²) in [6.07, 6.45) is 1.85. The quantitative estimate of drug-likeness (QED) is 0.476. The van der Waals surface area contributed by atoms with Crippen LogP contribution in [0.1, 0.15) is 43.5 Å². The number of amidine groups is 1. The Morgan fingerprint density at radius 2 is 2.03 bits per heavy atom. The lowest BCUT2D eigenvalue weighted by molar-refractivity contribution is -0.124. The fourth-order valence-electron chi connectivity index (χ4n) is 3.54. The van der Waals surface area contributed by atoms with Crippen LogP contribution in [-0.2, 0) is 23.9 Å². The van der Waals surface area contributed by atoms with Crippen molar-refractivity contribution >= 4 is 46.3 Å². The summed E-state index contributed by atoms with van der Waals surface area (Å²) in [4.78, 5) is 54.9. The van der Waals surface area contributed by atoms with E-state index < -0.39 is 23.7 Å². The zero-order chi connectivity index (χ0) is 24.5. The minimum atomic E-state index is -0.679. The summed E-state index contributed by atoms with van der Waals surface area (Å²) < 4.78 is 10.5. The number of rotatable bonds is 10. The number of esters is 1. The third-order valence-corrected chi connectivity index (χ3v) is 6.61. The maximum Gasteiger partial charge on any atom is 0.338 e. The molecule has 2 heterocycles. The normalized spacial score (nSPS) is 19.5. The van der Waals surface area contributed by atoms with Crippen molar-refractivity contribution < 1.29 is 28.7 Å². The second-order valence-corrected chi connectivity index (χ2v) is 9.03.